The first-order valence-corrected chi connectivity index (χ1v) is 10.7. The summed E-state index contributed by atoms with van der Waals surface area (Å²) in [6, 6.07) is 1.88. The zero-order chi connectivity index (χ0) is 20.0. The lowest BCUT2D eigenvalue weighted by Crippen LogP contribution is -2.41. The third-order valence-electron chi connectivity index (χ3n) is 7.00. The first kappa shape index (κ1) is 18.8. The minimum atomic E-state index is -0.0437. The Morgan fingerprint density at radius 1 is 1.41 bits per heavy atom. The number of carbonyl (C=O) groups excluding carboxylic acids is 1. The highest BCUT2D eigenvalue weighted by atomic mass is 16.5. The number of nitrogens with zero attached hydrogens (tertiary/aromatic N) is 4. The van der Waals surface area contributed by atoms with Crippen molar-refractivity contribution in [3.63, 3.8) is 0 Å². The Hall–Kier alpha value is -2.25. The van der Waals surface area contributed by atoms with Crippen LogP contribution in [0.3, 0.4) is 0 Å². The van der Waals surface area contributed by atoms with Crippen LogP contribution >= 0.6 is 0 Å². The van der Waals surface area contributed by atoms with E-state index in [1.54, 1.807) is 12.4 Å². The van der Waals surface area contributed by atoms with Crippen molar-refractivity contribution >= 4 is 5.91 Å². The third kappa shape index (κ3) is 3.26. The zero-order valence-electron chi connectivity index (χ0n) is 17.2. The molecule has 0 saturated carbocycles. The third-order valence-corrected chi connectivity index (χ3v) is 7.00. The summed E-state index contributed by atoms with van der Waals surface area (Å²) in [4.78, 5) is 23.7. The monoisotopic (exact) mass is 395 g/mol. The number of ether oxygens (including phenoxy) is 1. The van der Waals surface area contributed by atoms with E-state index in [4.69, 9.17) is 4.74 Å². The van der Waals surface area contributed by atoms with Crippen LogP contribution in [0.2, 0.25) is 0 Å². The van der Waals surface area contributed by atoms with Crippen molar-refractivity contribution in [1.29, 1.82) is 0 Å². The maximum absolute atomic E-state index is 12.6. The number of carbonyl (C=O) groups is 1. The summed E-state index contributed by atoms with van der Waals surface area (Å²) in [6.07, 6.45) is 9.83. The van der Waals surface area contributed by atoms with Crippen molar-refractivity contribution < 1.29 is 9.53 Å². The second-order valence-corrected chi connectivity index (χ2v) is 8.79. The van der Waals surface area contributed by atoms with E-state index in [0.29, 0.717) is 23.9 Å². The summed E-state index contributed by atoms with van der Waals surface area (Å²) < 4.78 is 8.73. The Kier molecular flexibility index (Phi) is 4.67. The van der Waals surface area contributed by atoms with Gasteiger partial charge in [-0.1, -0.05) is 0 Å². The summed E-state index contributed by atoms with van der Waals surface area (Å²) in [5, 5.41) is 3.15. The molecule has 3 fully saturated rings. The van der Waals surface area contributed by atoms with Crippen molar-refractivity contribution in [3.8, 4) is 0 Å². The summed E-state index contributed by atoms with van der Waals surface area (Å²) in [6.45, 7) is 8.56. The molecular weight excluding hydrogens is 366 g/mol. The van der Waals surface area contributed by atoms with E-state index in [9.17, 15) is 4.79 Å². The zero-order valence-corrected chi connectivity index (χ0v) is 17.2. The van der Waals surface area contributed by atoms with Gasteiger partial charge in [0, 0.05) is 62.8 Å². The molecule has 7 nitrogen and oxygen atoms in total. The van der Waals surface area contributed by atoms with Crippen LogP contribution in [0.1, 0.15) is 41.5 Å². The summed E-state index contributed by atoms with van der Waals surface area (Å²) in [7, 11) is 0. The predicted octanol–water partition coefficient (Wildman–Crippen LogP) is 2.02. The molecule has 1 spiro atoms. The molecule has 5 rings (SSSR count). The number of amides is 1. The van der Waals surface area contributed by atoms with Gasteiger partial charge in [0.05, 0.1) is 23.8 Å². The maximum atomic E-state index is 12.6. The van der Waals surface area contributed by atoms with Crippen LogP contribution in [0.15, 0.2) is 30.9 Å². The molecule has 0 radical (unpaired) electrons. The number of imidazole rings is 1. The highest BCUT2D eigenvalue weighted by Gasteiger charge is 2.62. The smallest absolute Gasteiger partial charge is 0.252 e. The van der Waals surface area contributed by atoms with E-state index in [0.717, 1.165) is 50.4 Å². The number of nitrogens with one attached hydrogen (secondary N) is 1. The van der Waals surface area contributed by atoms with E-state index < -0.39 is 0 Å². The van der Waals surface area contributed by atoms with Gasteiger partial charge < -0.3 is 14.6 Å². The van der Waals surface area contributed by atoms with Gasteiger partial charge in [-0.25, -0.2) is 4.98 Å². The molecule has 2 aromatic rings. The minimum Gasteiger partial charge on any atom is -0.370 e. The van der Waals surface area contributed by atoms with Crippen LogP contribution in [0, 0.1) is 18.8 Å². The van der Waals surface area contributed by atoms with Gasteiger partial charge in [-0.05, 0) is 38.3 Å². The normalized spacial score (nSPS) is 30.6. The van der Waals surface area contributed by atoms with Crippen molar-refractivity contribution in [3.05, 3.63) is 47.8 Å². The van der Waals surface area contributed by atoms with Crippen molar-refractivity contribution in [2.75, 3.05) is 19.6 Å². The number of fused-ring (bicyclic) bond motifs is 1. The lowest BCUT2D eigenvalue weighted by atomic mass is 9.73. The number of aromatic nitrogens is 3. The molecule has 1 amide bonds. The average Bonchev–Trinajstić information content (AvgIpc) is 3.46. The van der Waals surface area contributed by atoms with Crippen molar-refractivity contribution in [1.82, 2.24) is 24.8 Å². The lowest BCUT2D eigenvalue weighted by molar-refractivity contribution is 0.00187. The first-order chi connectivity index (χ1) is 14.1. The largest absolute Gasteiger partial charge is 0.370 e. The highest BCUT2D eigenvalue weighted by Crippen LogP contribution is 2.54. The molecule has 3 aliphatic heterocycles. The fourth-order valence-electron chi connectivity index (χ4n) is 5.65. The Morgan fingerprint density at radius 2 is 2.31 bits per heavy atom. The van der Waals surface area contributed by atoms with Crippen LogP contribution in [0.25, 0.3) is 0 Å². The van der Waals surface area contributed by atoms with Crippen molar-refractivity contribution in [2.24, 2.45) is 11.8 Å². The fraction of sp³-hybridized carbons (Fsp3) is 0.591. The van der Waals surface area contributed by atoms with Gasteiger partial charge in [-0.2, -0.15) is 0 Å². The van der Waals surface area contributed by atoms with Gasteiger partial charge in [0.25, 0.3) is 5.91 Å². The van der Waals surface area contributed by atoms with Crippen LogP contribution in [0.4, 0.5) is 0 Å². The fourth-order valence-corrected chi connectivity index (χ4v) is 5.65. The first-order valence-electron chi connectivity index (χ1n) is 10.7. The molecule has 7 heteroatoms. The van der Waals surface area contributed by atoms with Gasteiger partial charge in [-0.3, -0.25) is 14.7 Å². The second kappa shape index (κ2) is 7.22. The van der Waals surface area contributed by atoms with Gasteiger partial charge in [-0.15, -0.1) is 0 Å². The molecule has 2 bridgehead atoms. The summed E-state index contributed by atoms with van der Waals surface area (Å²) in [5.74, 6) is 1.93. The van der Waals surface area contributed by atoms with E-state index in [1.807, 2.05) is 25.4 Å². The number of likely N-dealkylation sites (tertiary alicyclic amines) is 1. The van der Waals surface area contributed by atoms with E-state index in [2.05, 4.69) is 31.7 Å². The number of hydrogen-bond acceptors (Lipinski definition) is 5. The molecule has 0 aromatic carbocycles. The van der Waals surface area contributed by atoms with Gasteiger partial charge in [0.15, 0.2) is 0 Å². The van der Waals surface area contributed by atoms with Crippen molar-refractivity contribution in [2.45, 2.75) is 51.5 Å². The van der Waals surface area contributed by atoms with Crippen LogP contribution in [-0.4, -0.2) is 56.7 Å². The summed E-state index contributed by atoms with van der Waals surface area (Å²) in [5.41, 5.74) is 1.59. The minimum absolute atomic E-state index is 0.0331. The number of pyridine rings is 1. The van der Waals surface area contributed by atoms with E-state index >= 15 is 0 Å². The van der Waals surface area contributed by atoms with Gasteiger partial charge >= 0.3 is 0 Å². The SMILES string of the molecule is CCn1ccnc1CN1C[C@@H]2[C@H](CNC(=O)c3cncc(C)c3)[C@H]3CC[C@]2(C1)O3. The van der Waals surface area contributed by atoms with Crippen LogP contribution in [-0.2, 0) is 17.8 Å². The lowest BCUT2D eigenvalue weighted by Gasteiger charge is -2.29. The van der Waals surface area contributed by atoms with Crippen LogP contribution < -0.4 is 5.32 Å². The second-order valence-electron chi connectivity index (χ2n) is 8.79. The van der Waals surface area contributed by atoms with Gasteiger partial charge in [0.1, 0.15) is 5.82 Å². The molecule has 2 aromatic heterocycles. The molecule has 4 atom stereocenters. The molecule has 5 heterocycles. The van der Waals surface area contributed by atoms with Crippen LogP contribution in [0.5, 0.6) is 0 Å². The molecular formula is C22H29N5O2. The maximum Gasteiger partial charge on any atom is 0.252 e. The predicted molar refractivity (Wildman–Crippen MR) is 108 cm³/mol. The Balaban J connectivity index is 1.25. The Bertz CT molecular complexity index is 912. The topological polar surface area (TPSA) is 72.3 Å². The molecule has 3 saturated heterocycles. The van der Waals surface area contributed by atoms with E-state index in [1.165, 1.54) is 0 Å². The quantitative estimate of drug-likeness (QED) is 0.810. The Labute approximate surface area is 171 Å². The number of hydrogen-bond donors (Lipinski definition) is 1. The number of aryl methyl sites for hydroxylation is 2. The molecule has 1 N–H and O–H groups in total. The molecule has 29 heavy (non-hydrogen) atoms. The molecule has 3 aliphatic rings. The highest BCUT2D eigenvalue weighted by molar-refractivity contribution is 5.94. The molecule has 0 aliphatic carbocycles. The molecule has 0 unspecified atom stereocenters. The number of rotatable bonds is 6. The summed E-state index contributed by atoms with van der Waals surface area (Å²) >= 11 is 0. The van der Waals surface area contributed by atoms with E-state index in [-0.39, 0.29) is 17.6 Å². The standard InChI is InChI=1S/C22H29N5O2/c1-3-27-7-6-24-20(27)13-26-12-18-17(19-4-5-22(18,14-26)29-19)11-25-21(28)16-8-15(2)9-23-10-16/h6-10,17-19H,3-5,11-14H2,1-2H3,(H,25,28)/t17-,18+,19+,22+/m0/s1. The van der Waals surface area contributed by atoms with Gasteiger partial charge in [0.2, 0.25) is 0 Å². The molecule has 154 valence electrons. The average molecular weight is 396 g/mol. The Morgan fingerprint density at radius 3 is 3.14 bits per heavy atom.